The molecular weight excluding hydrogens is 241 g/mol. The second kappa shape index (κ2) is 5.05. The van der Waals surface area contributed by atoms with Crippen LogP contribution in [-0.2, 0) is 6.54 Å². The first kappa shape index (κ1) is 11.7. The van der Waals surface area contributed by atoms with E-state index in [4.69, 9.17) is 0 Å². The molecule has 2 aromatic heterocycles. The minimum atomic E-state index is -0.476. The summed E-state index contributed by atoms with van der Waals surface area (Å²) in [4.78, 5) is 12.0. The lowest BCUT2D eigenvalue weighted by Gasteiger charge is -2.06. The first-order chi connectivity index (χ1) is 8.19. The maximum absolute atomic E-state index is 13.4. The van der Waals surface area contributed by atoms with Crippen molar-refractivity contribution in [2.45, 2.75) is 13.5 Å². The summed E-state index contributed by atoms with van der Waals surface area (Å²) in [7, 11) is 1.68. The summed E-state index contributed by atoms with van der Waals surface area (Å²) in [5.41, 5.74) is 0.872. The minimum absolute atomic E-state index is 0.176. The first-order valence-electron chi connectivity index (χ1n) is 5.04. The van der Waals surface area contributed by atoms with Gasteiger partial charge in [-0.2, -0.15) is 4.98 Å². The molecule has 7 heteroatoms. The van der Waals surface area contributed by atoms with Gasteiger partial charge in [0.2, 0.25) is 5.95 Å². The number of thiazole rings is 1. The van der Waals surface area contributed by atoms with Crippen LogP contribution in [0, 0.1) is 12.7 Å². The van der Waals surface area contributed by atoms with Gasteiger partial charge in [0.1, 0.15) is 0 Å². The molecule has 5 nitrogen and oxygen atoms in total. The largest absolute Gasteiger partial charge is 0.362 e. The lowest BCUT2D eigenvalue weighted by molar-refractivity contribution is 0.617. The summed E-state index contributed by atoms with van der Waals surface area (Å²) in [5.74, 6) is 0.0781. The number of hydrogen-bond donors (Lipinski definition) is 2. The number of aryl methyl sites for hydroxylation is 1. The van der Waals surface area contributed by atoms with Gasteiger partial charge in [-0.15, -0.1) is 11.3 Å². The van der Waals surface area contributed by atoms with Crippen LogP contribution in [0.15, 0.2) is 11.6 Å². The molecule has 0 saturated carbocycles. The van der Waals surface area contributed by atoms with E-state index in [9.17, 15) is 4.39 Å². The number of nitrogens with zero attached hydrogens (tertiary/aromatic N) is 3. The molecule has 17 heavy (non-hydrogen) atoms. The monoisotopic (exact) mass is 253 g/mol. The Hall–Kier alpha value is -1.76. The fourth-order valence-corrected chi connectivity index (χ4v) is 1.89. The van der Waals surface area contributed by atoms with Crippen LogP contribution in [0.25, 0.3) is 0 Å². The average Bonchev–Trinajstić information content (AvgIpc) is 2.74. The molecule has 0 amide bonds. The van der Waals surface area contributed by atoms with Gasteiger partial charge < -0.3 is 10.6 Å². The second-order valence-corrected chi connectivity index (χ2v) is 4.41. The van der Waals surface area contributed by atoms with Crippen molar-refractivity contribution < 1.29 is 4.39 Å². The first-order valence-corrected chi connectivity index (χ1v) is 5.92. The molecule has 0 aromatic carbocycles. The molecule has 0 spiro atoms. The zero-order valence-corrected chi connectivity index (χ0v) is 10.3. The predicted octanol–water partition coefficient (Wildman–Crippen LogP) is 2.03. The third-order valence-corrected chi connectivity index (χ3v) is 2.89. The maximum Gasteiger partial charge on any atom is 0.224 e. The number of rotatable bonds is 4. The summed E-state index contributed by atoms with van der Waals surface area (Å²) >= 11 is 1.56. The fourth-order valence-electron chi connectivity index (χ4n) is 1.28. The van der Waals surface area contributed by atoms with Crippen molar-refractivity contribution in [3.63, 3.8) is 0 Å². The van der Waals surface area contributed by atoms with Crippen LogP contribution in [0.4, 0.5) is 16.2 Å². The third kappa shape index (κ3) is 2.88. The van der Waals surface area contributed by atoms with Crippen molar-refractivity contribution in [3.8, 4) is 0 Å². The molecule has 0 unspecified atom stereocenters. The molecule has 0 aliphatic rings. The van der Waals surface area contributed by atoms with E-state index in [0.717, 1.165) is 16.9 Å². The second-order valence-electron chi connectivity index (χ2n) is 3.35. The Morgan fingerprint density at radius 1 is 1.41 bits per heavy atom. The zero-order valence-electron chi connectivity index (χ0n) is 9.49. The van der Waals surface area contributed by atoms with Gasteiger partial charge in [-0.25, -0.2) is 14.4 Å². The third-order valence-electron chi connectivity index (χ3n) is 2.07. The Balaban J connectivity index is 2.07. The van der Waals surface area contributed by atoms with E-state index >= 15 is 0 Å². The van der Waals surface area contributed by atoms with Gasteiger partial charge in [0.25, 0.3) is 0 Å². The van der Waals surface area contributed by atoms with Crippen LogP contribution in [0.1, 0.15) is 10.7 Å². The molecule has 2 N–H and O–H groups in total. The van der Waals surface area contributed by atoms with Crippen LogP contribution in [0.5, 0.6) is 0 Å². The predicted molar refractivity (Wildman–Crippen MR) is 65.7 cm³/mol. The molecule has 0 fully saturated rings. The number of halogens is 1. The number of hydrogen-bond acceptors (Lipinski definition) is 6. The highest BCUT2D eigenvalue weighted by Gasteiger charge is 2.06. The lowest BCUT2D eigenvalue weighted by Crippen LogP contribution is -2.07. The van der Waals surface area contributed by atoms with Crippen molar-refractivity contribution in [1.29, 1.82) is 0 Å². The Bertz CT molecular complexity index is 513. The van der Waals surface area contributed by atoms with Gasteiger partial charge in [-0.3, -0.25) is 0 Å². The van der Waals surface area contributed by atoms with E-state index in [0.29, 0.717) is 12.5 Å². The molecular formula is C10H12FN5S. The Morgan fingerprint density at radius 2 is 2.24 bits per heavy atom. The van der Waals surface area contributed by atoms with Crippen molar-refractivity contribution in [1.82, 2.24) is 15.0 Å². The topological polar surface area (TPSA) is 62.7 Å². The highest BCUT2D eigenvalue weighted by Crippen LogP contribution is 2.14. The van der Waals surface area contributed by atoms with E-state index in [1.807, 2.05) is 12.3 Å². The summed E-state index contributed by atoms with van der Waals surface area (Å²) in [6.07, 6.45) is 1.13. The molecule has 0 bridgehead atoms. The SMILES string of the molecule is CNc1ncc(F)c(NCc2csc(C)n2)n1. The molecule has 90 valence electrons. The quantitative estimate of drug-likeness (QED) is 0.873. The Morgan fingerprint density at radius 3 is 2.88 bits per heavy atom. The van der Waals surface area contributed by atoms with Crippen molar-refractivity contribution in [2.24, 2.45) is 0 Å². The minimum Gasteiger partial charge on any atom is -0.362 e. The molecule has 0 saturated heterocycles. The number of aromatic nitrogens is 3. The zero-order chi connectivity index (χ0) is 12.3. The van der Waals surface area contributed by atoms with E-state index in [1.165, 1.54) is 0 Å². The van der Waals surface area contributed by atoms with Crippen LogP contribution < -0.4 is 10.6 Å². The van der Waals surface area contributed by atoms with Crippen molar-refractivity contribution in [3.05, 3.63) is 28.1 Å². The van der Waals surface area contributed by atoms with E-state index in [2.05, 4.69) is 25.6 Å². The summed E-state index contributed by atoms with van der Waals surface area (Å²) in [6, 6.07) is 0. The number of nitrogens with one attached hydrogen (secondary N) is 2. The molecule has 0 atom stereocenters. The van der Waals surface area contributed by atoms with Gasteiger partial charge >= 0.3 is 0 Å². The molecule has 2 rings (SSSR count). The average molecular weight is 253 g/mol. The van der Waals surface area contributed by atoms with E-state index in [1.54, 1.807) is 18.4 Å². The summed E-state index contributed by atoms with van der Waals surface area (Å²) < 4.78 is 13.4. The Kier molecular flexibility index (Phi) is 3.48. The van der Waals surface area contributed by atoms with Gasteiger partial charge in [0.15, 0.2) is 11.6 Å². The van der Waals surface area contributed by atoms with Crippen LogP contribution in [-0.4, -0.2) is 22.0 Å². The van der Waals surface area contributed by atoms with Gasteiger partial charge in [0.05, 0.1) is 23.4 Å². The normalized spacial score (nSPS) is 10.3. The van der Waals surface area contributed by atoms with Crippen molar-refractivity contribution >= 4 is 23.1 Å². The summed E-state index contributed by atoms with van der Waals surface area (Å²) in [5, 5.41) is 8.57. The molecule has 0 aliphatic carbocycles. The summed E-state index contributed by atoms with van der Waals surface area (Å²) in [6.45, 7) is 2.37. The van der Waals surface area contributed by atoms with Gasteiger partial charge in [-0.05, 0) is 6.92 Å². The Labute approximate surface area is 102 Å². The highest BCUT2D eigenvalue weighted by molar-refractivity contribution is 7.09. The highest BCUT2D eigenvalue weighted by atomic mass is 32.1. The smallest absolute Gasteiger partial charge is 0.224 e. The van der Waals surface area contributed by atoms with Crippen molar-refractivity contribution in [2.75, 3.05) is 17.7 Å². The fraction of sp³-hybridized carbons (Fsp3) is 0.300. The van der Waals surface area contributed by atoms with Crippen LogP contribution >= 0.6 is 11.3 Å². The van der Waals surface area contributed by atoms with Crippen LogP contribution in [0.3, 0.4) is 0 Å². The van der Waals surface area contributed by atoms with Crippen LogP contribution in [0.2, 0.25) is 0 Å². The molecule has 0 aliphatic heterocycles. The van der Waals surface area contributed by atoms with E-state index in [-0.39, 0.29) is 5.82 Å². The molecule has 2 aromatic rings. The maximum atomic E-state index is 13.4. The molecule has 0 radical (unpaired) electrons. The van der Waals surface area contributed by atoms with E-state index < -0.39 is 5.82 Å². The van der Waals surface area contributed by atoms with Gasteiger partial charge in [-0.1, -0.05) is 0 Å². The molecule has 2 heterocycles. The van der Waals surface area contributed by atoms with Gasteiger partial charge in [0, 0.05) is 12.4 Å². The lowest BCUT2D eigenvalue weighted by atomic mass is 10.4. The standard InChI is InChI=1S/C10H12FN5S/c1-6-15-7(5-17-6)3-13-9-8(11)4-14-10(12-2)16-9/h4-5H,3H2,1-2H3,(H2,12,13,14,16). The number of anilines is 2.